The standard InChI is InChI=1S/C20H17N5O4/c1-11(12-5-3-2-4-6-12)24-9-13(29-20(24)28)10-25-18(26)15-7-21-17-14(8-22-23-17)16(15)19(25)27/h2-8,11,13H,9-10H2,1H3,(H,21,22,23)/t11-,13-/m1/s1. The summed E-state index contributed by atoms with van der Waals surface area (Å²) in [5.41, 5.74) is 1.96. The average Bonchev–Trinajstić information content (AvgIpc) is 3.41. The van der Waals surface area contributed by atoms with Crippen molar-refractivity contribution in [3.8, 4) is 0 Å². The van der Waals surface area contributed by atoms with Gasteiger partial charge in [0.15, 0.2) is 5.65 Å². The summed E-state index contributed by atoms with van der Waals surface area (Å²) in [7, 11) is 0. The summed E-state index contributed by atoms with van der Waals surface area (Å²) in [6.07, 6.45) is 1.81. The number of hydrogen-bond donors (Lipinski definition) is 1. The molecule has 0 spiro atoms. The van der Waals surface area contributed by atoms with E-state index in [1.54, 1.807) is 4.90 Å². The molecule has 0 aliphatic carbocycles. The number of hydrogen-bond acceptors (Lipinski definition) is 6. The van der Waals surface area contributed by atoms with E-state index in [-0.39, 0.29) is 23.7 Å². The van der Waals surface area contributed by atoms with Crippen LogP contribution >= 0.6 is 0 Å². The van der Waals surface area contributed by atoms with Crippen LogP contribution < -0.4 is 0 Å². The highest BCUT2D eigenvalue weighted by molar-refractivity contribution is 6.25. The lowest BCUT2D eigenvalue weighted by molar-refractivity contribution is 0.0558. The molecule has 2 aromatic heterocycles. The first-order valence-corrected chi connectivity index (χ1v) is 9.25. The highest BCUT2D eigenvalue weighted by atomic mass is 16.6. The fourth-order valence-electron chi connectivity index (χ4n) is 3.90. The fraction of sp³-hybridized carbons (Fsp3) is 0.250. The molecular weight excluding hydrogens is 374 g/mol. The number of rotatable bonds is 4. The Morgan fingerprint density at radius 2 is 1.97 bits per heavy atom. The number of carbonyl (C=O) groups is 3. The molecular formula is C20H17N5O4. The van der Waals surface area contributed by atoms with Gasteiger partial charge < -0.3 is 4.74 Å². The van der Waals surface area contributed by atoms with Crippen LogP contribution in [0.1, 0.15) is 39.2 Å². The van der Waals surface area contributed by atoms with Crippen LogP contribution in [0, 0.1) is 0 Å². The predicted octanol–water partition coefficient (Wildman–Crippen LogP) is 2.14. The lowest BCUT2D eigenvalue weighted by Gasteiger charge is -2.22. The number of nitrogens with one attached hydrogen (secondary N) is 1. The van der Waals surface area contributed by atoms with E-state index in [2.05, 4.69) is 15.2 Å². The monoisotopic (exact) mass is 391 g/mol. The van der Waals surface area contributed by atoms with Crippen molar-refractivity contribution in [1.82, 2.24) is 25.0 Å². The van der Waals surface area contributed by atoms with Crippen molar-refractivity contribution < 1.29 is 19.1 Å². The van der Waals surface area contributed by atoms with Crippen molar-refractivity contribution in [2.45, 2.75) is 19.1 Å². The maximum atomic E-state index is 12.9. The van der Waals surface area contributed by atoms with Crippen LogP contribution in [0.15, 0.2) is 42.7 Å². The Morgan fingerprint density at radius 3 is 2.76 bits per heavy atom. The molecule has 3 aromatic rings. The van der Waals surface area contributed by atoms with Gasteiger partial charge in [-0.2, -0.15) is 5.10 Å². The summed E-state index contributed by atoms with van der Waals surface area (Å²) in [6.45, 7) is 2.21. The number of fused-ring (bicyclic) bond motifs is 3. The third-order valence-electron chi connectivity index (χ3n) is 5.45. The normalized spacial score (nSPS) is 19.8. The van der Waals surface area contributed by atoms with E-state index >= 15 is 0 Å². The van der Waals surface area contributed by atoms with Gasteiger partial charge in [0.1, 0.15) is 6.10 Å². The number of imide groups is 1. The molecule has 0 saturated carbocycles. The van der Waals surface area contributed by atoms with E-state index in [1.165, 1.54) is 12.4 Å². The van der Waals surface area contributed by atoms with E-state index in [4.69, 9.17) is 4.74 Å². The Labute approximate surface area is 165 Å². The van der Waals surface area contributed by atoms with E-state index in [0.717, 1.165) is 10.5 Å². The van der Waals surface area contributed by atoms with E-state index < -0.39 is 24.0 Å². The van der Waals surface area contributed by atoms with E-state index in [9.17, 15) is 14.4 Å². The molecule has 4 heterocycles. The van der Waals surface area contributed by atoms with Gasteiger partial charge in [-0.05, 0) is 12.5 Å². The molecule has 9 nitrogen and oxygen atoms in total. The maximum absolute atomic E-state index is 12.9. The second-order valence-electron chi connectivity index (χ2n) is 7.14. The Bertz CT molecular complexity index is 1140. The van der Waals surface area contributed by atoms with Crippen molar-refractivity contribution in [2.75, 3.05) is 13.1 Å². The molecule has 2 aliphatic rings. The zero-order valence-electron chi connectivity index (χ0n) is 15.5. The molecule has 0 radical (unpaired) electrons. The average molecular weight is 391 g/mol. The maximum Gasteiger partial charge on any atom is 0.410 e. The molecule has 146 valence electrons. The van der Waals surface area contributed by atoms with Gasteiger partial charge >= 0.3 is 6.09 Å². The second kappa shape index (κ2) is 6.40. The molecule has 1 saturated heterocycles. The molecule has 2 atom stereocenters. The Hall–Kier alpha value is -3.75. The molecule has 29 heavy (non-hydrogen) atoms. The van der Waals surface area contributed by atoms with Gasteiger partial charge in [0.25, 0.3) is 11.8 Å². The highest BCUT2D eigenvalue weighted by Gasteiger charge is 2.42. The Kier molecular flexibility index (Phi) is 3.83. The largest absolute Gasteiger partial charge is 0.442 e. The van der Waals surface area contributed by atoms with Gasteiger partial charge in [0.2, 0.25) is 0 Å². The number of cyclic esters (lactones) is 1. The molecule has 1 N–H and O–H groups in total. The number of ether oxygens (including phenoxy) is 1. The van der Waals surface area contributed by atoms with Crippen LogP contribution in [0.25, 0.3) is 11.0 Å². The van der Waals surface area contributed by atoms with Crippen LogP contribution in [-0.4, -0.2) is 62.1 Å². The summed E-state index contributed by atoms with van der Waals surface area (Å²) in [4.78, 5) is 44.9. The number of amides is 3. The number of nitrogens with zero attached hydrogens (tertiary/aromatic N) is 4. The van der Waals surface area contributed by atoms with Crippen LogP contribution in [0.2, 0.25) is 0 Å². The third kappa shape index (κ3) is 2.65. The van der Waals surface area contributed by atoms with E-state index in [0.29, 0.717) is 17.6 Å². The summed E-state index contributed by atoms with van der Waals surface area (Å²) < 4.78 is 5.45. The lowest BCUT2D eigenvalue weighted by atomic mass is 10.1. The number of carbonyl (C=O) groups excluding carboxylic acids is 3. The Morgan fingerprint density at radius 1 is 1.17 bits per heavy atom. The third-order valence-corrected chi connectivity index (χ3v) is 5.45. The van der Waals surface area contributed by atoms with Gasteiger partial charge in [-0.1, -0.05) is 30.3 Å². The summed E-state index contributed by atoms with van der Waals surface area (Å²) in [5.74, 6) is -0.865. The number of aromatic nitrogens is 3. The number of H-pyrrole nitrogens is 1. The molecule has 0 unspecified atom stereocenters. The SMILES string of the molecule is C[C@H](c1ccccc1)N1C[C@H](CN2C(=O)c3cnc4[nH]ncc4c3C2=O)OC1=O. The zero-order chi connectivity index (χ0) is 20.1. The van der Waals surface area contributed by atoms with Crippen LogP contribution in [0.5, 0.6) is 0 Å². The van der Waals surface area contributed by atoms with Crippen LogP contribution in [0.4, 0.5) is 4.79 Å². The topological polar surface area (TPSA) is 108 Å². The van der Waals surface area contributed by atoms with Crippen molar-refractivity contribution in [1.29, 1.82) is 0 Å². The zero-order valence-corrected chi connectivity index (χ0v) is 15.5. The van der Waals surface area contributed by atoms with Crippen molar-refractivity contribution in [3.63, 3.8) is 0 Å². The molecule has 5 rings (SSSR count). The van der Waals surface area contributed by atoms with E-state index in [1.807, 2.05) is 37.3 Å². The van der Waals surface area contributed by atoms with Gasteiger partial charge in [-0.15, -0.1) is 0 Å². The van der Waals surface area contributed by atoms with Crippen molar-refractivity contribution in [3.05, 3.63) is 59.4 Å². The van der Waals surface area contributed by atoms with Gasteiger partial charge in [-0.3, -0.25) is 24.5 Å². The first-order valence-electron chi connectivity index (χ1n) is 9.25. The predicted molar refractivity (Wildman–Crippen MR) is 101 cm³/mol. The highest BCUT2D eigenvalue weighted by Crippen LogP contribution is 2.30. The molecule has 1 fully saturated rings. The molecule has 0 bridgehead atoms. The van der Waals surface area contributed by atoms with Crippen LogP contribution in [0.3, 0.4) is 0 Å². The summed E-state index contributed by atoms with van der Waals surface area (Å²) in [6, 6.07) is 9.44. The lowest BCUT2D eigenvalue weighted by Crippen LogP contribution is -2.38. The van der Waals surface area contributed by atoms with Gasteiger partial charge in [-0.25, -0.2) is 9.78 Å². The van der Waals surface area contributed by atoms with Gasteiger partial charge in [0, 0.05) is 6.20 Å². The molecule has 1 aromatic carbocycles. The second-order valence-corrected chi connectivity index (χ2v) is 7.14. The number of aromatic amines is 1. The van der Waals surface area contributed by atoms with Crippen molar-refractivity contribution in [2.24, 2.45) is 0 Å². The summed E-state index contributed by atoms with van der Waals surface area (Å²) >= 11 is 0. The van der Waals surface area contributed by atoms with Gasteiger partial charge in [0.05, 0.1) is 41.8 Å². The quantitative estimate of drug-likeness (QED) is 0.683. The first kappa shape index (κ1) is 17.4. The fourth-order valence-corrected chi connectivity index (χ4v) is 3.90. The molecule has 9 heteroatoms. The minimum atomic E-state index is -0.594. The first-order chi connectivity index (χ1) is 14.0. The smallest absolute Gasteiger partial charge is 0.410 e. The number of pyridine rings is 1. The number of benzene rings is 1. The minimum absolute atomic E-state index is 0.00452. The molecule has 3 amide bonds. The summed E-state index contributed by atoms with van der Waals surface area (Å²) in [5, 5.41) is 7.09. The Balaban J connectivity index is 1.35. The minimum Gasteiger partial charge on any atom is -0.442 e. The molecule has 2 aliphatic heterocycles. The van der Waals surface area contributed by atoms with Crippen molar-refractivity contribution >= 4 is 28.9 Å². The van der Waals surface area contributed by atoms with Crippen LogP contribution in [-0.2, 0) is 4.74 Å².